The molecule has 0 aliphatic heterocycles. The molecule has 0 spiro atoms. The maximum Gasteiger partial charge on any atom is 0.159 e. The number of phenols is 1. The molecule has 0 aliphatic carbocycles. The third-order valence-electron chi connectivity index (χ3n) is 5.90. The lowest BCUT2D eigenvalue weighted by Gasteiger charge is -2.05. The molecule has 0 fully saturated rings. The average Bonchev–Trinajstić information content (AvgIpc) is 3.50. The second kappa shape index (κ2) is 8.82. The molecule has 5 aromatic heterocycles. The second-order valence-electron chi connectivity index (χ2n) is 8.39. The Bertz CT molecular complexity index is 1700. The van der Waals surface area contributed by atoms with Gasteiger partial charge in [0.25, 0.3) is 0 Å². The van der Waals surface area contributed by atoms with Crippen molar-refractivity contribution in [2.75, 3.05) is 6.54 Å². The minimum atomic E-state index is -0.554. The molecule has 0 aliphatic rings. The van der Waals surface area contributed by atoms with Gasteiger partial charge in [-0.3, -0.25) is 20.1 Å². The van der Waals surface area contributed by atoms with Crippen LogP contribution in [0.2, 0.25) is 0 Å². The first-order chi connectivity index (χ1) is 17.6. The van der Waals surface area contributed by atoms with E-state index in [-0.39, 0.29) is 5.75 Å². The minimum Gasteiger partial charge on any atom is -0.508 e. The molecule has 6 rings (SSSR count). The van der Waals surface area contributed by atoms with Crippen LogP contribution in [0.4, 0.5) is 4.39 Å². The summed E-state index contributed by atoms with van der Waals surface area (Å²) in [5.41, 5.74) is 6.27. The molecular formula is C26H21FN8O. The number of hydrogen-bond donors (Lipinski definition) is 4. The van der Waals surface area contributed by atoms with E-state index in [0.29, 0.717) is 33.8 Å². The topological polar surface area (TPSA) is 128 Å². The molecule has 1 aromatic carbocycles. The zero-order valence-electron chi connectivity index (χ0n) is 19.2. The zero-order chi connectivity index (χ0) is 24.6. The Hall–Kier alpha value is -4.70. The van der Waals surface area contributed by atoms with E-state index in [1.54, 1.807) is 24.7 Å². The average molecular weight is 481 g/mol. The summed E-state index contributed by atoms with van der Waals surface area (Å²) >= 11 is 0. The van der Waals surface area contributed by atoms with Gasteiger partial charge in [0.1, 0.15) is 22.8 Å². The van der Waals surface area contributed by atoms with Crippen molar-refractivity contribution in [1.29, 1.82) is 0 Å². The number of nitrogens with zero attached hydrogens (tertiary/aromatic N) is 5. The van der Waals surface area contributed by atoms with E-state index in [1.807, 2.05) is 12.3 Å². The Labute approximate surface area is 204 Å². The predicted octanol–water partition coefficient (Wildman–Crippen LogP) is 4.58. The molecule has 0 unspecified atom stereocenters. The monoisotopic (exact) mass is 480 g/mol. The standard InChI is InChI=1S/C26H21FN8O/c1-2-28-10-14-5-16(12-29-11-14)21-9-19-22(13-31-21)34-35-24(19)26-32-20-3-4-30-23(25(20)33-26)15-6-17(27)8-18(36)7-15/h3-9,11-13,28,36H,2,10H2,1H3,(H,32,33)(H,34,35). The van der Waals surface area contributed by atoms with Gasteiger partial charge in [0.2, 0.25) is 0 Å². The summed E-state index contributed by atoms with van der Waals surface area (Å²) < 4.78 is 13.9. The van der Waals surface area contributed by atoms with Crippen molar-refractivity contribution in [3.05, 3.63) is 72.6 Å². The lowest BCUT2D eigenvalue weighted by molar-refractivity contribution is 0.469. The van der Waals surface area contributed by atoms with Gasteiger partial charge < -0.3 is 15.4 Å². The Morgan fingerprint density at radius 3 is 2.75 bits per heavy atom. The summed E-state index contributed by atoms with van der Waals surface area (Å²) in [5.74, 6) is -0.203. The van der Waals surface area contributed by atoms with Crippen LogP contribution >= 0.6 is 0 Å². The highest BCUT2D eigenvalue weighted by Gasteiger charge is 2.17. The number of H-pyrrole nitrogens is 2. The first kappa shape index (κ1) is 21.8. The van der Waals surface area contributed by atoms with Crippen LogP contribution in [0.3, 0.4) is 0 Å². The number of rotatable bonds is 6. The molecular weight excluding hydrogens is 459 g/mol. The van der Waals surface area contributed by atoms with Crippen molar-refractivity contribution >= 4 is 21.9 Å². The number of phenolic OH excluding ortho intramolecular Hbond substituents is 1. The van der Waals surface area contributed by atoms with Crippen LogP contribution in [-0.2, 0) is 6.54 Å². The van der Waals surface area contributed by atoms with Gasteiger partial charge in [-0.25, -0.2) is 9.37 Å². The SMILES string of the molecule is CCNCc1cncc(-c2cc3c(-c4nc5c(-c6cc(O)cc(F)c6)nccc5[nH]4)n[nH]c3cn2)c1. The number of pyridine rings is 3. The molecule has 0 saturated heterocycles. The van der Waals surface area contributed by atoms with Gasteiger partial charge in [-0.15, -0.1) is 0 Å². The fourth-order valence-corrected chi connectivity index (χ4v) is 4.22. The second-order valence-corrected chi connectivity index (χ2v) is 8.39. The molecule has 4 N–H and O–H groups in total. The van der Waals surface area contributed by atoms with E-state index in [9.17, 15) is 9.50 Å². The fraction of sp³-hybridized carbons (Fsp3) is 0.115. The van der Waals surface area contributed by atoms with Gasteiger partial charge in [-0.05, 0) is 42.4 Å². The molecule has 10 heteroatoms. The first-order valence-electron chi connectivity index (χ1n) is 11.4. The summed E-state index contributed by atoms with van der Waals surface area (Å²) in [6.07, 6.45) is 6.98. The summed E-state index contributed by atoms with van der Waals surface area (Å²) in [4.78, 5) is 21.4. The van der Waals surface area contributed by atoms with E-state index in [1.165, 1.54) is 12.1 Å². The maximum absolute atomic E-state index is 13.9. The first-order valence-corrected chi connectivity index (χ1v) is 11.4. The third-order valence-corrected chi connectivity index (χ3v) is 5.90. The van der Waals surface area contributed by atoms with Gasteiger partial charge in [0.15, 0.2) is 5.82 Å². The predicted molar refractivity (Wildman–Crippen MR) is 134 cm³/mol. The summed E-state index contributed by atoms with van der Waals surface area (Å²) in [6, 6.07) is 9.63. The van der Waals surface area contributed by atoms with Crippen LogP contribution in [0.25, 0.3) is 56.0 Å². The number of aromatic hydroxyl groups is 1. The molecule has 0 amide bonds. The summed E-state index contributed by atoms with van der Waals surface area (Å²) in [5, 5.41) is 21.5. The zero-order valence-corrected chi connectivity index (χ0v) is 19.2. The normalized spacial score (nSPS) is 11.5. The van der Waals surface area contributed by atoms with Crippen LogP contribution in [0.5, 0.6) is 5.75 Å². The summed E-state index contributed by atoms with van der Waals surface area (Å²) in [6.45, 7) is 3.67. The number of benzene rings is 1. The number of aromatic nitrogens is 7. The Morgan fingerprint density at radius 1 is 0.972 bits per heavy atom. The van der Waals surface area contributed by atoms with Crippen LogP contribution in [0.15, 0.2) is 61.2 Å². The van der Waals surface area contributed by atoms with Gasteiger partial charge in [0.05, 0.1) is 28.6 Å². The molecule has 5 heterocycles. The van der Waals surface area contributed by atoms with Crippen LogP contribution < -0.4 is 5.32 Å². The van der Waals surface area contributed by atoms with Gasteiger partial charge in [-0.2, -0.15) is 5.10 Å². The molecule has 9 nitrogen and oxygen atoms in total. The molecule has 36 heavy (non-hydrogen) atoms. The lowest BCUT2D eigenvalue weighted by Crippen LogP contribution is -2.11. The van der Waals surface area contributed by atoms with E-state index >= 15 is 0 Å². The van der Waals surface area contributed by atoms with Gasteiger partial charge in [0, 0.05) is 47.7 Å². The van der Waals surface area contributed by atoms with E-state index in [0.717, 1.165) is 46.9 Å². The van der Waals surface area contributed by atoms with Gasteiger partial charge >= 0.3 is 0 Å². The number of hydrogen-bond acceptors (Lipinski definition) is 7. The molecule has 178 valence electrons. The number of aromatic amines is 2. The number of halogens is 1. The van der Waals surface area contributed by atoms with Crippen molar-refractivity contribution < 1.29 is 9.50 Å². The Balaban J connectivity index is 1.44. The van der Waals surface area contributed by atoms with Crippen LogP contribution in [0.1, 0.15) is 12.5 Å². The fourth-order valence-electron chi connectivity index (χ4n) is 4.22. The van der Waals surface area contributed by atoms with Crippen LogP contribution in [-0.4, -0.2) is 46.8 Å². The van der Waals surface area contributed by atoms with E-state index in [4.69, 9.17) is 4.98 Å². The third kappa shape index (κ3) is 3.93. The Kier molecular flexibility index (Phi) is 5.34. The molecule has 0 saturated carbocycles. The van der Waals surface area contributed by atoms with E-state index < -0.39 is 5.82 Å². The van der Waals surface area contributed by atoms with Gasteiger partial charge in [-0.1, -0.05) is 6.92 Å². The molecule has 0 bridgehead atoms. The van der Waals surface area contributed by atoms with Crippen molar-refractivity contribution in [3.8, 4) is 39.8 Å². The largest absolute Gasteiger partial charge is 0.508 e. The summed E-state index contributed by atoms with van der Waals surface area (Å²) in [7, 11) is 0. The number of nitrogens with one attached hydrogen (secondary N) is 3. The molecule has 6 aromatic rings. The van der Waals surface area contributed by atoms with Crippen molar-refractivity contribution in [2.45, 2.75) is 13.5 Å². The number of imidazole rings is 1. The lowest BCUT2D eigenvalue weighted by atomic mass is 10.1. The highest BCUT2D eigenvalue weighted by atomic mass is 19.1. The maximum atomic E-state index is 13.9. The Morgan fingerprint density at radius 2 is 1.89 bits per heavy atom. The van der Waals surface area contributed by atoms with Crippen molar-refractivity contribution in [3.63, 3.8) is 0 Å². The molecule has 0 radical (unpaired) electrons. The highest BCUT2D eigenvalue weighted by Crippen LogP contribution is 2.32. The van der Waals surface area contributed by atoms with Crippen LogP contribution in [0, 0.1) is 5.82 Å². The minimum absolute atomic E-state index is 0.179. The van der Waals surface area contributed by atoms with Crippen molar-refractivity contribution in [2.24, 2.45) is 0 Å². The smallest absolute Gasteiger partial charge is 0.159 e. The van der Waals surface area contributed by atoms with Crippen molar-refractivity contribution in [1.82, 2.24) is 40.4 Å². The highest BCUT2D eigenvalue weighted by molar-refractivity contribution is 5.96. The molecule has 0 atom stereocenters. The number of fused-ring (bicyclic) bond motifs is 2. The van der Waals surface area contributed by atoms with E-state index in [2.05, 4.69) is 48.4 Å². The quantitative estimate of drug-likeness (QED) is 0.275.